The summed E-state index contributed by atoms with van der Waals surface area (Å²) in [4.78, 5) is 67.8. The Balaban J connectivity index is 1.44. The maximum absolute atomic E-state index is 14.3. The molecule has 262 valence electrons. The van der Waals surface area contributed by atoms with Crippen LogP contribution >= 0.6 is 11.6 Å². The number of carboxylic acids is 1. The van der Waals surface area contributed by atoms with Gasteiger partial charge in [0, 0.05) is 37.5 Å². The number of amides is 4. The Hall–Kier alpha value is -5.16. The molecule has 3 aromatic rings. The zero-order valence-corrected chi connectivity index (χ0v) is 29.0. The van der Waals surface area contributed by atoms with Gasteiger partial charge in [-0.25, -0.2) is 4.79 Å². The van der Waals surface area contributed by atoms with Crippen LogP contribution in [0.1, 0.15) is 68.8 Å². The number of hydrogen-bond acceptors (Lipinski definition) is 6. The van der Waals surface area contributed by atoms with E-state index in [0.29, 0.717) is 53.4 Å². The lowest BCUT2D eigenvalue weighted by atomic mass is 9.81. The molecule has 1 aliphatic heterocycles. The molecule has 1 aliphatic carbocycles. The first kappa shape index (κ1) is 36.1. The molecule has 1 heterocycles. The third kappa shape index (κ3) is 8.00. The van der Waals surface area contributed by atoms with E-state index in [1.165, 1.54) is 19.9 Å². The largest absolute Gasteiger partial charge is 0.497 e. The number of carbonyl (C=O) groups excluding carboxylic acids is 4. The molecule has 2 aliphatic rings. The zero-order valence-electron chi connectivity index (χ0n) is 28.3. The van der Waals surface area contributed by atoms with Crippen LogP contribution in [0.15, 0.2) is 78.5 Å². The van der Waals surface area contributed by atoms with Crippen LogP contribution in [0, 0.1) is 5.41 Å². The second kappa shape index (κ2) is 15.6. The number of ether oxygens (including phenoxy) is 1. The van der Waals surface area contributed by atoms with Crippen LogP contribution in [0.2, 0.25) is 5.02 Å². The highest BCUT2D eigenvalue weighted by Gasteiger charge is 2.48. The highest BCUT2D eigenvalue weighted by atomic mass is 35.5. The SMILES string of the molecule is COc1ccc(CC2C(=O)N(c3ccc(/C=C(\NC(=O)C4(CCNC(C)=O)CCCC4)C(=O)O)cc3)C(c3ccc(Cl)cc3)N2C(C)=O)cc1. The van der Waals surface area contributed by atoms with Crippen molar-refractivity contribution in [1.29, 1.82) is 0 Å². The summed E-state index contributed by atoms with van der Waals surface area (Å²) in [5.74, 6) is -1.75. The predicted molar refractivity (Wildman–Crippen MR) is 189 cm³/mol. The zero-order chi connectivity index (χ0) is 36.0. The van der Waals surface area contributed by atoms with Gasteiger partial charge in [-0.15, -0.1) is 0 Å². The summed E-state index contributed by atoms with van der Waals surface area (Å²) >= 11 is 6.19. The Bertz CT molecular complexity index is 1770. The Morgan fingerprint density at radius 2 is 1.60 bits per heavy atom. The standard InChI is InChI=1S/C38H41ClN4O7/c1-24(44)40-21-20-38(18-4-5-19-38)37(49)41-32(36(47)48)22-26-6-14-30(15-7-26)43-34(28-10-12-29(39)13-11-28)42(25(2)45)33(35(43)46)23-27-8-16-31(50-3)17-9-27/h6-17,22,33-34H,4-5,18-21,23H2,1-3H3,(H,40,44)(H,41,49)(H,47,48)/b32-22-. The normalized spacial score (nSPS) is 18.6. The summed E-state index contributed by atoms with van der Waals surface area (Å²) in [5, 5.41) is 15.9. The van der Waals surface area contributed by atoms with E-state index >= 15 is 0 Å². The van der Waals surface area contributed by atoms with Crippen molar-refractivity contribution in [2.45, 2.75) is 64.6 Å². The lowest BCUT2D eigenvalue weighted by molar-refractivity contribution is -0.137. The number of hydrogen-bond donors (Lipinski definition) is 3. The van der Waals surface area contributed by atoms with Gasteiger partial charge in [0.15, 0.2) is 0 Å². The van der Waals surface area contributed by atoms with Crippen molar-refractivity contribution in [2.24, 2.45) is 5.41 Å². The summed E-state index contributed by atoms with van der Waals surface area (Å²) in [6.45, 7) is 3.17. The van der Waals surface area contributed by atoms with Crippen LogP contribution in [0.25, 0.3) is 6.08 Å². The van der Waals surface area contributed by atoms with Crippen molar-refractivity contribution in [3.63, 3.8) is 0 Å². The molecule has 2 fully saturated rings. The number of carbonyl (C=O) groups is 5. The van der Waals surface area contributed by atoms with Crippen molar-refractivity contribution in [3.8, 4) is 5.75 Å². The van der Waals surface area contributed by atoms with E-state index in [4.69, 9.17) is 16.3 Å². The van der Waals surface area contributed by atoms with Crippen molar-refractivity contribution >= 4 is 53.0 Å². The van der Waals surface area contributed by atoms with Crippen molar-refractivity contribution in [1.82, 2.24) is 15.5 Å². The molecule has 5 rings (SSSR count). The lowest BCUT2D eigenvalue weighted by Gasteiger charge is -2.31. The van der Waals surface area contributed by atoms with E-state index in [2.05, 4.69) is 10.6 Å². The number of halogens is 1. The van der Waals surface area contributed by atoms with E-state index in [1.807, 2.05) is 12.1 Å². The molecule has 1 saturated heterocycles. The number of nitrogens with zero attached hydrogens (tertiary/aromatic N) is 2. The molecule has 12 heteroatoms. The van der Waals surface area contributed by atoms with Gasteiger partial charge >= 0.3 is 5.97 Å². The van der Waals surface area contributed by atoms with Crippen molar-refractivity contribution in [2.75, 3.05) is 18.6 Å². The highest BCUT2D eigenvalue weighted by Crippen LogP contribution is 2.42. The number of rotatable bonds is 12. The van der Waals surface area contributed by atoms with Gasteiger partial charge in [-0.1, -0.05) is 60.8 Å². The topological polar surface area (TPSA) is 145 Å². The summed E-state index contributed by atoms with van der Waals surface area (Å²) < 4.78 is 5.27. The van der Waals surface area contributed by atoms with Gasteiger partial charge in [-0.2, -0.15) is 0 Å². The molecule has 1 saturated carbocycles. The first-order valence-corrected chi connectivity index (χ1v) is 16.9. The van der Waals surface area contributed by atoms with Crippen LogP contribution in [0.3, 0.4) is 0 Å². The molecule has 0 bridgehead atoms. The number of nitrogens with one attached hydrogen (secondary N) is 2. The molecule has 3 N–H and O–H groups in total. The fraction of sp³-hybridized carbons (Fsp3) is 0.342. The second-order valence-electron chi connectivity index (χ2n) is 12.8. The van der Waals surface area contributed by atoms with Gasteiger partial charge in [0.2, 0.25) is 17.7 Å². The maximum Gasteiger partial charge on any atom is 0.352 e. The quantitative estimate of drug-likeness (QED) is 0.212. The van der Waals surface area contributed by atoms with E-state index in [0.717, 1.165) is 18.4 Å². The number of aliphatic carboxylic acids is 1. The lowest BCUT2D eigenvalue weighted by Crippen LogP contribution is -2.42. The monoisotopic (exact) mass is 700 g/mol. The highest BCUT2D eigenvalue weighted by molar-refractivity contribution is 6.30. The van der Waals surface area contributed by atoms with Gasteiger partial charge in [0.05, 0.1) is 12.5 Å². The van der Waals surface area contributed by atoms with Gasteiger partial charge < -0.3 is 25.4 Å². The van der Waals surface area contributed by atoms with Crippen LogP contribution in [0.4, 0.5) is 5.69 Å². The van der Waals surface area contributed by atoms with Gasteiger partial charge in [0.1, 0.15) is 23.7 Å². The first-order valence-electron chi connectivity index (χ1n) is 16.5. The molecule has 50 heavy (non-hydrogen) atoms. The van der Waals surface area contributed by atoms with Crippen molar-refractivity contribution in [3.05, 3.63) is 100 Å². The minimum atomic E-state index is -1.30. The fourth-order valence-electron chi connectivity index (χ4n) is 6.89. The predicted octanol–water partition coefficient (Wildman–Crippen LogP) is 5.48. The smallest absolute Gasteiger partial charge is 0.352 e. The van der Waals surface area contributed by atoms with Crippen LogP contribution in [0.5, 0.6) is 5.75 Å². The molecule has 0 radical (unpaired) electrons. The van der Waals surface area contributed by atoms with E-state index < -0.39 is 23.6 Å². The molecule has 4 amide bonds. The number of carboxylic acid groups (broad SMARTS) is 1. The van der Waals surface area contributed by atoms with E-state index in [1.54, 1.807) is 77.6 Å². The summed E-state index contributed by atoms with van der Waals surface area (Å²) in [5.41, 5.74) is 1.47. The molecule has 2 atom stereocenters. The Kier molecular flexibility index (Phi) is 11.3. The average molecular weight is 701 g/mol. The van der Waals surface area contributed by atoms with E-state index in [-0.39, 0.29) is 35.7 Å². The molecule has 3 aromatic carbocycles. The average Bonchev–Trinajstić information content (AvgIpc) is 3.68. The molecule has 2 unspecified atom stereocenters. The molecular weight excluding hydrogens is 660 g/mol. The Labute approximate surface area is 296 Å². The molecular formula is C38H41ClN4O7. The second-order valence-corrected chi connectivity index (χ2v) is 13.2. The third-order valence-electron chi connectivity index (χ3n) is 9.47. The maximum atomic E-state index is 14.3. The minimum absolute atomic E-state index is 0.190. The van der Waals surface area contributed by atoms with Gasteiger partial charge in [-0.3, -0.25) is 24.1 Å². The molecule has 0 spiro atoms. The summed E-state index contributed by atoms with van der Waals surface area (Å²) in [6.07, 6.45) is 4.19. The third-order valence-corrected chi connectivity index (χ3v) is 9.72. The minimum Gasteiger partial charge on any atom is -0.497 e. The number of methoxy groups -OCH3 is 1. The van der Waals surface area contributed by atoms with Crippen LogP contribution in [-0.4, -0.2) is 59.3 Å². The number of benzene rings is 3. The summed E-state index contributed by atoms with van der Waals surface area (Å²) in [7, 11) is 1.57. The Morgan fingerprint density at radius 3 is 2.16 bits per heavy atom. The van der Waals surface area contributed by atoms with Gasteiger partial charge in [0.25, 0.3) is 5.91 Å². The van der Waals surface area contributed by atoms with Crippen molar-refractivity contribution < 1.29 is 33.8 Å². The Morgan fingerprint density at radius 1 is 0.960 bits per heavy atom. The molecule has 0 aromatic heterocycles. The fourth-order valence-corrected chi connectivity index (χ4v) is 7.02. The van der Waals surface area contributed by atoms with Crippen LogP contribution < -0.4 is 20.3 Å². The number of anilines is 1. The summed E-state index contributed by atoms with van der Waals surface area (Å²) in [6, 6.07) is 20.2. The molecule has 11 nitrogen and oxygen atoms in total. The van der Waals surface area contributed by atoms with Gasteiger partial charge in [-0.05, 0) is 78.4 Å². The first-order chi connectivity index (χ1) is 23.9. The van der Waals surface area contributed by atoms with E-state index in [9.17, 15) is 29.1 Å². The van der Waals surface area contributed by atoms with Crippen LogP contribution in [-0.2, 0) is 30.4 Å².